The van der Waals surface area contributed by atoms with Gasteiger partial charge in [-0.25, -0.2) is 0 Å². The second kappa shape index (κ2) is 7.99. The molecule has 1 atom stereocenters. The van der Waals surface area contributed by atoms with Gasteiger partial charge in [0.1, 0.15) is 0 Å². The lowest BCUT2D eigenvalue weighted by atomic mass is 10.1. The van der Waals surface area contributed by atoms with Crippen LogP contribution >= 0.6 is 0 Å². The third-order valence-corrected chi connectivity index (χ3v) is 6.11. The minimum Gasteiger partial charge on any atom is -0.371 e. The summed E-state index contributed by atoms with van der Waals surface area (Å²) in [6.45, 7) is 2.71. The van der Waals surface area contributed by atoms with E-state index >= 15 is 0 Å². The third kappa shape index (κ3) is 4.81. The highest BCUT2D eigenvalue weighted by Gasteiger charge is 2.27. The largest absolute Gasteiger partial charge is 0.371 e. The Morgan fingerprint density at radius 3 is 2.40 bits per heavy atom. The molecule has 1 aliphatic rings. The lowest BCUT2D eigenvalue weighted by Gasteiger charge is -2.22. The van der Waals surface area contributed by atoms with Crippen molar-refractivity contribution in [1.29, 1.82) is 0 Å². The highest BCUT2D eigenvalue weighted by Crippen LogP contribution is 2.24. The number of nitrogens with zero attached hydrogens (tertiary/aromatic N) is 2. The molecular weight excluding hydrogens is 334 g/mol. The lowest BCUT2D eigenvalue weighted by Crippen LogP contribution is -2.40. The van der Waals surface area contributed by atoms with E-state index in [1.807, 2.05) is 48.5 Å². The topological polar surface area (TPSA) is 52.7 Å². The Hall–Kier alpha value is -1.89. The standard InChI is InChI=1S/C19H25N3O2S/c1-21(25(23,24)20-14-17-8-4-2-5-9-17)15-18-12-13-22(16-18)19-10-6-3-7-11-19/h2-11,18,20H,12-16H2,1H3/t18-/m0/s1. The zero-order valence-electron chi connectivity index (χ0n) is 14.5. The number of nitrogens with one attached hydrogen (secondary N) is 1. The van der Waals surface area contributed by atoms with Gasteiger partial charge in [-0.05, 0) is 30.0 Å². The van der Waals surface area contributed by atoms with Gasteiger partial charge in [0.15, 0.2) is 0 Å². The quantitative estimate of drug-likeness (QED) is 0.826. The maximum atomic E-state index is 12.4. The van der Waals surface area contributed by atoms with Gasteiger partial charge in [0, 0.05) is 38.9 Å². The summed E-state index contributed by atoms with van der Waals surface area (Å²) in [6, 6.07) is 19.8. The predicted octanol–water partition coefficient (Wildman–Crippen LogP) is 2.48. The molecule has 1 saturated heterocycles. The highest BCUT2D eigenvalue weighted by atomic mass is 32.2. The second-order valence-corrected chi connectivity index (χ2v) is 8.39. The van der Waals surface area contributed by atoms with E-state index in [9.17, 15) is 8.42 Å². The number of para-hydroxylation sites is 1. The smallest absolute Gasteiger partial charge is 0.279 e. The molecule has 1 fully saturated rings. The third-order valence-electron chi connectivity index (χ3n) is 4.63. The Kier molecular flexibility index (Phi) is 5.73. The van der Waals surface area contributed by atoms with E-state index < -0.39 is 10.2 Å². The van der Waals surface area contributed by atoms with Gasteiger partial charge in [0.25, 0.3) is 10.2 Å². The van der Waals surface area contributed by atoms with Crippen LogP contribution in [0.5, 0.6) is 0 Å². The summed E-state index contributed by atoms with van der Waals surface area (Å²) < 4.78 is 29.0. The van der Waals surface area contributed by atoms with E-state index in [1.54, 1.807) is 7.05 Å². The van der Waals surface area contributed by atoms with Crippen molar-refractivity contribution in [3.8, 4) is 0 Å². The summed E-state index contributed by atoms with van der Waals surface area (Å²) in [5.41, 5.74) is 2.16. The first-order chi connectivity index (χ1) is 12.0. The highest BCUT2D eigenvalue weighted by molar-refractivity contribution is 7.87. The zero-order valence-corrected chi connectivity index (χ0v) is 15.3. The summed E-state index contributed by atoms with van der Waals surface area (Å²) >= 11 is 0. The van der Waals surface area contributed by atoms with Crippen LogP contribution in [0.25, 0.3) is 0 Å². The number of hydrogen-bond acceptors (Lipinski definition) is 3. The van der Waals surface area contributed by atoms with Crippen LogP contribution in [-0.2, 0) is 16.8 Å². The van der Waals surface area contributed by atoms with Crippen LogP contribution in [0.4, 0.5) is 5.69 Å². The van der Waals surface area contributed by atoms with E-state index in [0.29, 0.717) is 19.0 Å². The summed E-state index contributed by atoms with van der Waals surface area (Å²) in [5.74, 6) is 0.346. The van der Waals surface area contributed by atoms with E-state index in [2.05, 4.69) is 21.8 Å². The van der Waals surface area contributed by atoms with Crippen molar-refractivity contribution in [3.05, 3.63) is 66.2 Å². The molecule has 0 bridgehead atoms. The Morgan fingerprint density at radius 2 is 1.72 bits per heavy atom. The van der Waals surface area contributed by atoms with Crippen LogP contribution in [0.1, 0.15) is 12.0 Å². The van der Waals surface area contributed by atoms with Crippen LogP contribution in [0.2, 0.25) is 0 Å². The second-order valence-electron chi connectivity index (χ2n) is 6.53. The van der Waals surface area contributed by atoms with Crippen molar-refractivity contribution < 1.29 is 8.42 Å². The average Bonchev–Trinajstić information content (AvgIpc) is 3.10. The van der Waals surface area contributed by atoms with Crippen LogP contribution in [0, 0.1) is 5.92 Å². The fraction of sp³-hybridized carbons (Fsp3) is 0.368. The Morgan fingerprint density at radius 1 is 1.08 bits per heavy atom. The van der Waals surface area contributed by atoms with E-state index in [1.165, 1.54) is 9.99 Å². The van der Waals surface area contributed by atoms with Crippen molar-refractivity contribution >= 4 is 15.9 Å². The van der Waals surface area contributed by atoms with Gasteiger partial charge in [0.2, 0.25) is 0 Å². The summed E-state index contributed by atoms with van der Waals surface area (Å²) in [4.78, 5) is 2.32. The Labute approximate surface area is 150 Å². The number of hydrogen-bond donors (Lipinski definition) is 1. The van der Waals surface area contributed by atoms with E-state index in [-0.39, 0.29) is 0 Å². The van der Waals surface area contributed by atoms with Crippen molar-refractivity contribution in [2.45, 2.75) is 13.0 Å². The van der Waals surface area contributed by atoms with Crippen LogP contribution in [-0.4, -0.2) is 39.4 Å². The monoisotopic (exact) mass is 359 g/mol. The van der Waals surface area contributed by atoms with Gasteiger partial charge in [-0.1, -0.05) is 48.5 Å². The minimum absolute atomic E-state index is 0.314. The normalized spacial score (nSPS) is 18.0. The zero-order chi connectivity index (χ0) is 17.7. The molecule has 0 radical (unpaired) electrons. The van der Waals surface area contributed by atoms with Crippen molar-refractivity contribution in [2.75, 3.05) is 31.6 Å². The molecule has 0 unspecified atom stereocenters. The van der Waals surface area contributed by atoms with Gasteiger partial charge in [-0.3, -0.25) is 0 Å². The maximum Gasteiger partial charge on any atom is 0.279 e. The molecule has 2 aromatic rings. The molecule has 6 heteroatoms. The number of benzene rings is 2. The minimum atomic E-state index is -3.46. The number of anilines is 1. The average molecular weight is 359 g/mol. The molecule has 0 amide bonds. The molecule has 0 aromatic heterocycles. The first-order valence-electron chi connectivity index (χ1n) is 8.59. The molecule has 3 rings (SSSR count). The SMILES string of the molecule is CN(C[C@@H]1CCN(c2ccccc2)C1)S(=O)(=O)NCc1ccccc1. The van der Waals surface area contributed by atoms with E-state index in [0.717, 1.165) is 25.1 Å². The van der Waals surface area contributed by atoms with Crippen molar-refractivity contribution in [1.82, 2.24) is 9.03 Å². The van der Waals surface area contributed by atoms with Gasteiger partial charge < -0.3 is 4.90 Å². The molecular formula is C19H25N3O2S. The summed E-state index contributed by atoms with van der Waals surface area (Å²) in [6.07, 6.45) is 1.01. The van der Waals surface area contributed by atoms with E-state index in [4.69, 9.17) is 0 Å². The Bertz CT molecular complexity index is 766. The molecule has 1 aliphatic heterocycles. The molecule has 0 spiro atoms. The lowest BCUT2D eigenvalue weighted by molar-refractivity contribution is 0.395. The first-order valence-corrected chi connectivity index (χ1v) is 10.0. The fourth-order valence-electron chi connectivity index (χ4n) is 3.20. The van der Waals surface area contributed by atoms with Gasteiger partial charge in [-0.2, -0.15) is 17.4 Å². The van der Waals surface area contributed by atoms with Crippen LogP contribution in [0.3, 0.4) is 0 Å². The first kappa shape index (κ1) is 17.9. The molecule has 1 heterocycles. The predicted molar refractivity (Wildman–Crippen MR) is 102 cm³/mol. The summed E-state index contributed by atoms with van der Waals surface area (Å²) in [5, 5.41) is 0. The van der Waals surface area contributed by atoms with Gasteiger partial charge in [0.05, 0.1) is 0 Å². The van der Waals surface area contributed by atoms with Gasteiger partial charge >= 0.3 is 0 Å². The van der Waals surface area contributed by atoms with Crippen LogP contribution < -0.4 is 9.62 Å². The van der Waals surface area contributed by atoms with Crippen molar-refractivity contribution in [3.63, 3.8) is 0 Å². The number of rotatable bonds is 7. The Balaban J connectivity index is 1.52. The maximum absolute atomic E-state index is 12.4. The molecule has 1 N–H and O–H groups in total. The summed E-state index contributed by atoms with van der Waals surface area (Å²) in [7, 11) is -1.81. The fourth-order valence-corrected chi connectivity index (χ4v) is 4.17. The molecule has 5 nitrogen and oxygen atoms in total. The van der Waals surface area contributed by atoms with Gasteiger partial charge in [-0.15, -0.1) is 0 Å². The molecule has 2 aromatic carbocycles. The molecule has 0 saturated carbocycles. The molecule has 0 aliphatic carbocycles. The molecule has 134 valence electrons. The van der Waals surface area contributed by atoms with Crippen molar-refractivity contribution in [2.24, 2.45) is 5.92 Å². The van der Waals surface area contributed by atoms with Crippen LogP contribution in [0.15, 0.2) is 60.7 Å². The molecule has 25 heavy (non-hydrogen) atoms.